The van der Waals surface area contributed by atoms with Crippen LogP contribution in [0.4, 0.5) is 0 Å². The van der Waals surface area contributed by atoms with Crippen LogP contribution in [0, 0.1) is 0 Å². The van der Waals surface area contributed by atoms with Gasteiger partial charge in [0.25, 0.3) is 0 Å². The van der Waals surface area contributed by atoms with Crippen LogP contribution in [-0.4, -0.2) is 37.6 Å². The van der Waals surface area contributed by atoms with E-state index in [4.69, 9.17) is 14.7 Å². The number of allylic oxidation sites excluding steroid dienone is 3. The van der Waals surface area contributed by atoms with Crippen molar-refractivity contribution < 1.29 is 14.3 Å². The lowest BCUT2D eigenvalue weighted by atomic mass is 9.87. The number of carbonyl (C=O) groups is 2. The fourth-order valence-corrected chi connectivity index (χ4v) is 7.19. The SMILES string of the molecule is CC(C)OC1=C(/C=C/c2c3nc(c(-c4ccccc4)c4ccc(cc5ccc([nH]5)c(-c5ccccc5)c5nc2C=C5)[nH]4)C=C3)C(=O)c2ccccc2C1=O. The summed E-state index contributed by atoms with van der Waals surface area (Å²) in [6, 6.07) is 37.6. The van der Waals surface area contributed by atoms with Gasteiger partial charge in [0, 0.05) is 49.9 Å². The zero-order chi connectivity index (χ0) is 36.8. The monoisotopic (exact) mass is 702 g/mol. The van der Waals surface area contributed by atoms with Gasteiger partial charge in [-0.15, -0.1) is 0 Å². The van der Waals surface area contributed by atoms with Crippen molar-refractivity contribution in [1.82, 2.24) is 19.9 Å². The lowest BCUT2D eigenvalue weighted by molar-refractivity contribution is 0.0802. The van der Waals surface area contributed by atoms with Gasteiger partial charge in [0.1, 0.15) is 0 Å². The molecule has 0 spiro atoms. The molecular formula is C47H34N4O3. The zero-order valence-corrected chi connectivity index (χ0v) is 29.6. The molecule has 0 unspecified atom stereocenters. The molecule has 3 aliphatic rings. The Labute approximate surface area is 311 Å². The Bertz CT molecular complexity index is 2660. The molecule has 0 fully saturated rings. The van der Waals surface area contributed by atoms with E-state index in [0.29, 0.717) is 28.1 Å². The number of fused-ring (bicyclic) bond motifs is 9. The number of nitrogens with zero attached hydrogens (tertiary/aromatic N) is 2. The van der Waals surface area contributed by atoms with E-state index in [2.05, 4.69) is 64.6 Å². The predicted octanol–water partition coefficient (Wildman–Crippen LogP) is 10.8. The second kappa shape index (κ2) is 13.5. The van der Waals surface area contributed by atoms with E-state index in [1.807, 2.05) is 80.6 Å². The van der Waals surface area contributed by atoms with Crippen molar-refractivity contribution in [2.45, 2.75) is 20.0 Å². The molecule has 0 saturated heterocycles. The summed E-state index contributed by atoms with van der Waals surface area (Å²) in [7, 11) is 0. The largest absolute Gasteiger partial charge is 0.486 e. The van der Waals surface area contributed by atoms with Crippen LogP contribution in [0.15, 0.2) is 133 Å². The van der Waals surface area contributed by atoms with Crippen molar-refractivity contribution >= 4 is 64.0 Å². The molecule has 7 heteroatoms. The molecule has 6 aromatic rings. The third-order valence-electron chi connectivity index (χ3n) is 9.62. The number of benzene rings is 3. The number of carbonyl (C=O) groups excluding carboxylic acids is 2. The number of ketones is 2. The number of aromatic nitrogens is 4. The van der Waals surface area contributed by atoms with Crippen LogP contribution in [0.3, 0.4) is 0 Å². The lowest BCUT2D eigenvalue weighted by Gasteiger charge is -2.21. The van der Waals surface area contributed by atoms with Gasteiger partial charge in [0.15, 0.2) is 11.5 Å². The Kier molecular flexibility index (Phi) is 8.16. The maximum atomic E-state index is 14.0. The highest BCUT2D eigenvalue weighted by Crippen LogP contribution is 2.35. The summed E-state index contributed by atoms with van der Waals surface area (Å²) in [6.07, 6.45) is 11.2. The number of rotatable bonds is 6. The Hall–Kier alpha value is -7.12. The predicted molar refractivity (Wildman–Crippen MR) is 217 cm³/mol. The second-order valence-electron chi connectivity index (χ2n) is 13.6. The van der Waals surface area contributed by atoms with Gasteiger partial charge >= 0.3 is 0 Å². The highest BCUT2D eigenvalue weighted by atomic mass is 16.5. The molecule has 1 aliphatic carbocycles. The lowest BCUT2D eigenvalue weighted by Crippen LogP contribution is -2.24. The summed E-state index contributed by atoms with van der Waals surface area (Å²) in [5.74, 6) is -0.562. The Morgan fingerprint density at radius 3 is 1.56 bits per heavy atom. The molecule has 0 amide bonds. The standard InChI is InChI=1S/C47H34N4O3/c1-28(2)54-47-36(45(52)33-15-9-10-16-34(33)46(47)53)20-19-35-37-23-25-41(50-37)43(29-11-5-3-6-12-29)39-21-17-31(48-39)27-32-18-22-40(49-32)44(30-13-7-4-8-14-30)42-26-24-38(35)51-42/h3-28,48-49H,1-2H3/b20-19+,31-27?,32-27?,37-35?,38-35?,43-39?,43-41?,44-40?,44-42?. The summed E-state index contributed by atoms with van der Waals surface area (Å²) >= 11 is 0. The summed E-state index contributed by atoms with van der Waals surface area (Å²) in [5.41, 5.74) is 12.1. The number of nitrogens with one attached hydrogen (secondary N) is 2. The van der Waals surface area contributed by atoms with Crippen molar-refractivity contribution in [3.63, 3.8) is 0 Å². The van der Waals surface area contributed by atoms with Crippen molar-refractivity contribution in [2.24, 2.45) is 0 Å². The van der Waals surface area contributed by atoms with Crippen LogP contribution in [0.5, 0.6) is 0 Å². The van der Waals surface area contributed by atoms with Gasteiger partial charge in [-0.3, -0.25) is 9.59 Å². The maximum absolute atomic E-state index is 14.0. The molecular weight excluding hydrogens is 669 g/mol. The molecule has 260 valence electrons. The maximum Gasteiger partial charge on any atom is 0.229 e. The van der Waals surface area contributed by atoms with E-state index in [0.717, 1.165) is 55.7 Å². The molecule has 3 aromatic carbocycles. The van der Waals surface area contributed by atoms with Crippen LogP contribution in [0.2, 0.25) is 0 Å². The Morgan fingerprint density at radius 2 is 1.04 bits per heavy atom. The first-order chi connectivity index (χ1) is 26.4. The van der Waals surface area contributed by atoms with Crippen LogP contribution in [0.25, 0.3) is 74.7 Å². The van der Waals surface area contributed by atoms with Gasteiger partial charge in [-0.1, -0.05) is 84.9 Å². The summed E-state index contributed by atoms with van der Waals surface area (Å²) in [5, 5.41) is 0. The van der Waals surface area contributed by atoms with Crippen LogP contribution in [0.1, 0.15) is 62.9 Å². The fourth-order valence-electron chi connectivity index (χ4n) is 7.19. The first-order valence-electron chi connectivity index (χ1n) is 17.9. The van der Waals surface area contributed by atoms with E-state index in [-0.39, 0.29) is 29.0 Å². The molecule has 2 N–H and O–H groups in total. The highest BCUT2D eigenvalue weighted by molar-refractivity contribution is 6.27. The second-order valence-corrected chi connectivity index (χ2v) is 13.6. The number of H-pyrrole nitrogens is 2. The third kappa shape index (κ3) is 5.91. The smallest absolute Gasteiger partial charge is 0.229 e. The molecule has 54 heavy (non-hydrogen) atoms. The highest BCUT2D eigenvalue weighted by Gasteiger charge is 2.33. The molecule has 0 atom stereocenters. The first-order valence-corrected chi connectivity index (χ1v) is 17.9. The molecule has 9 rings (SSSR count). The number of hydrogen-bond acceptors (Lipinski definition) is 5. The minimum atomic E-state index is -0.321. The van der Waals surface area contributed by atoms with Crippen LogP contribution < -0.4 is 0 Å². The van der Waals surface area contributed by atoms with E-state index in [9.17, 15) is 9.59 Å². The van der Waals surface area contributed by atoms with Crippen molar-refractivity contribution in [1.29, 1.82) is 0 Å². The number of aromatic amines is 2. The van der Waals surface area contributed by atoms with Gasteiger partial charge < -0.3 is 14.7 Å². The minimum absolute atomic E-state index is 0.0346. The van der Waals surface area contributed by atoms with E-state index in [1.165, 1.54) is 0 Å². The molecule has 5 heterocycles. The van der Waals surface area contributed by atoms with Gasteiger partial charge in [0.2, 0.25) is 5.78 Å². The molecule has 0 radical (unpaired) electrons. The number of hydrogen-bond donors (Lipinski definition) is 2. The number of Topliss-reactive ketones (excluding diaryl/α,β-unsaturated/α-hetero) is 2. The molecule has 0 saturated carbocycles. The van der Waals surface area contributed by atoms with Gasteiger partial charge in [-0.25, -0.2) is 9.97 Å². The molecule has 3 aromatic heterocycles. The Balaban J connectivity index is 1.36. The normalized spacial score (nSPS) is 13.7. The van der Waals surface area contributed by atoms with Gasteiger partial charge in [-0.05, 0) is 91.8 Å². The summed E-state index contributed by atoms with van der Waals surface area (Å²) in [6.45, 7) is 3.68. The zero-order valence-electron chi connectivity index (χ0n) is 29.6. The molecule has 7 nitrogen and oxygen atoms in total. The van der Waals surface area contributed by atoms with Gasteiger partial charge in [-0.2, -0.15) is 0 Å². The van der Waals surface area contributed by atoms with Crippen LogP contribution in [-0.2, 0) is 4.74 Å². The van der Waals surface area contributed by atoms with Crippen molar-refractivity contribution in [3.8, 4) is 22.3 Å². The minimum Gasteiger partial charge on any atom is -0.486 e. The van der Waals surface area contributed by atoms with E-state index >= 15 is 0 Å². The average Bonchev–Trinajstić information content (AvgIpc) is 4.03. The van der Waals surface area contributed by atoms with Gasteiger partial charge in [0.05, 0.1) is 34.5 Å². The van der Waals surface area contributed by atoms with Crippen LogP contribution >= 0.6 is 0 Å². The van der Waals surface area contributed by atoms with Crippen molar-refractivity contribution in [3.05, 3.63) is 172 Å². The third-order valence-corrected chi connectivity index (χ3v) is 9.62. The number of ether oxygens (including phenoxy) is 1. The average molecular weight is 703 g/mol. The van der Waals surface area contributed by atoms with E-state index < -0.39 is 0 Å². The molecule has 2 aliphatic heterocycles. The van der Waals surface area contributed by atoms with E-state index in [1.54, 1.807) is 30.3 Å². The first kappa shape index (κ1) is 32.8. The molecule has 8 bridgehead atoms. The fraction of sp³-hybridized carbons (Fsp3) is 0.0638. The topological polar surface area (TPSA) is 101 Å². The quantitative estimate of drug-likeness (QED) is 0.180. The van der Waals surface area contributed by atoms with Crippen molar-refractivity contribution in [2.75, 3.05) is 0 Å². The summed E-state index contributed by atoms with van der Waals surface area (Å²) < 4.78 is 6.05. The Morgan fingerprint density at radius 1 is 0.556 bits per heavy atom. The summed E-state index contributed by atoms with van der Waals surface area (Å²) in [4.78, 5) is 45.5.